The summed E-state index contributed by atoms with van der Waals surface area (Å²) in [7, 11) is 1.89. The van der Waals surface area contributed by atoms with Crippen LogP contribution < -0.4 is 15.2 Å². The van der Waals surface area contributed by atoms with Crippen LogP contribution in [0.25, 0.3) is 0 Å². The first kappa shape index (κ1) is 14.4. The molecule has 2 N–H and O–H groups in total. The molecule has 0 aliphatic carbocycles. The monoisotopic (exact) mass is 275 g/mol. The lowest BCUT2D eigenvalue weighted by molar-refractivity contribution is 0.265. The minimum Gasteiger partial charge on any atom is -0.490 e. The van der Waals surface area contributed by atoms with Crippen LogP contribution in [0, 0.1) is 0 Å². The maximum Gasteiger partial charge on any atom is 0.161 e. The molecule has 2 aromatic rings. The van der Waals surface area contributed by atoms with Crippen LogP contribution in [0.2, 0.25) is 0 Å². The average molecular weight is 275 g/mol. The minimum absolute atomic E-state index is 0.428. The molecule has 0 fully saturated rings. The molecule has 0 saturated heterocycles. The summed E-state index contributed by atoms with van der Waals surface area (Å²) < 4.78 is 13.2. The summed E-state index contributed by atoms with van der Waals surface area (Å²) in [5, 5.41) is 4.28. The summed E-state index contributed by atoms with van der Waals surface area (Å²) in [6.07, 6.45) is 2.73. The van der Waals surface area contributed by atoms with Gasteiger partial charge < -0.3 is 15.2 Å². The molecule has 0 unspecified atom stereocenters. The van der Waals surface area contributed by atoms with Gasteiger partial charge in [0, 0.05) is 13.2 Å². The molecule has 0 bridgehead atoms. The second kappa shape index (κ2) is 6.96. The van der Waals surface area contributed by atoms with Crippen LogP contribution in [0.1, 0.15) is 18.2 Å². The first-order valence-corrected chi connectivity index (χ1v) is 6.80. The zero-order valence-electron chi connectivity index (χ0n) is 12.0. The molecule has 1 aromatic heterocycles. The Balaban J connectivity index is 2.09. The number of hydrogen-bond donors (Lipinski definition) is 1. The van der Waals surface area contributed by atoms with Crippen LogP contribution in [-0.2, 0) is 20.1 Å². The molecule has 1 aromatic carbocycles. The highest BCUT2D eigenvalue weighted by Gasteiger charge is 2.07. The normalized spacial score (nSPS) is 10.6. The van der Waals surface area contributed by atoms with Gasteiger partial charge in [-0.1, -0.05) is 6.07 Å². The van der Waals surface area contributed by atoms with Crippen molar-refractivity contribution in [2.45, 2.75) is 20.0 Å². The van der Waals surface area contributed by atoms with Gasteiger partial charge in [0.1, 0.15) is 6.61 Å². The Hall–Kier alpha value is -2.01. The largest absolute Gasteiger partial charge is 0.490 e. The van der Waals surface area contributed by atoms with Gasteiger partial charge in [-0.15, -0.1) is 0 Å². The number of hydrogen-bond acceptors (Lipinski definition) is 4. The quantitative estimate of drug-likeness (QED) is 0.838. The lowest BCUT2D eigenvalue weighted by Crippen LogP contribution is -2.04. The first-order chi connectivity index (χ1) is 9.72. The number of benzene rings is 1. The van der Waals surface area contributed by atoms with Gasteiger partial charge in [0.15, 0.2) is 11.5 Å². The van der Waals surface area contributed by atoms with Crippen molar-refractivity contribution >= 4 is 0 Å². The number of nitrogens with zero attached hydrogens (tertiary/aromatic N) is 2. The maximum absolute atomic E-state index is 5.79. The molecular weight excluding hydrogens is 254 g/mol. The van der Waals surface area contributed by atoms with Crippen LogP contribution >= 0.6 is 0 Å². The SMILES string of the molecule is CCOc1cc(CCN)ccc1OCc1ccn(C)n1. The summed E-state index contributed by atoms with van der Waals surface area (Å²) in [5.41, 5.74) is 7.62. The second-order valence-electron chi connectivity index (χ2n) is 4.52. The van der Waals surface area contributed by atoms with Crippen LogP contribution in [0.4, 0.5) is 0 Å². The molecule has 0 radical (unpaired) electrons. The third kappa shape index (κ3) is 3.74. The van der Waals surface area contributed by atoms with Gasteiger partial charge in [-0.25, -0.2) is 0 Å². The number of nitrogens with two attached hydrogens (primary N) is 1. The topological polar surface area (TPSA) is 62.3 Å². The first-order valence-electron chi connectivity index (χ1n) is 6.80. The second-order valence-corrected chi connectivity index (χ2v) is 4.52. The molecule has 0 amide bonds. The van der Waals surface area contributed by atoms with Crippen molar-refractivity contribution in [2.24, 2.45) is 12.8 Å². The van der Waals surface area contributed by atoms with Crippen molar-refractivity contribution in [3.8, 4) is 11.5 Å². The van der Waals surface area contributed by atoms with E-state index in [1.165, 1.54) is 0 Å². The summed E-state index contributed by atoms with van der Waals surface area (Å²) in [6.45, 7) is 3.61. The van der Waals surface area contributed by atoms with Gasteiger partial charge >= 0.3 is 0 Å². The summed E-state index contributed by atoms with van der Waals surface area (Å²) in [6, 6.07) is 7.87. The highest BCUT2D eigenvalue weighted by molar-refractivity contribution is 5.43. The fourth-order valence-electron chi connectivity index (χ4n) is 1.95. The van der Waals surface area contributed by atoms with E-state index in [-0.39, 0.29) is 0 Å². The Morgan fingerprint density at radius 2 is 2.05 bits per heavy atom. The van der Waals surface area contributed by atoms with Crippen LogP contribution in [0.5, 0.6) is 11.5 Å². The lowest BCUT2D eigenvalue weighted by atomic mass is 10.1. The van der Waals surface area contributed by atoms with E-state index in [4.69, 9.17) is 15.2 Å². The van der Waals surface area contributed by atoms with Crippen molar-refractivity contribution < 1.29 is 9.47 Å². The molecule has 1 heterocycles. The third-order valence-corrected chi connectivity index (χ3v) is 2.89. The van der Waals surface area contributed by atoms with E-state index >= 15 is 0 Å². The fraction of sp³-hybridized carbons (Fsp3) is 0.400. The highest BCUT2D eigenvalue weighted by Crippen LogP contribution is 2.29. The molecule has 5 nitrogen and oxygen atoms in total. The number of ether oxygens (including phenoxy) is 2. The Labute approximate surface area is 119 Å². The average Bonchev–Trinajstić information content (AvgIpc) is 2.84. The van der Waals surface area contributed by atoms with Gasteiger partial charge in [0.2, 0.25) is 0 Å². The summed E-state index contributed by atoms with van der Waals surface area (Å²) >= 11 is 0. The van der Waals surface area contributed by atoms with E-state index in [9.17, 15) is 0 Å². The van der Waals surface area contributed by atoms with Gasteiger partial charge in [0.25, 0.3) is 0 Å². The Morgan fingerprint density at radius 1 is 1.20 bits per heavy atom. The molecule has 0 saturated carbocycles. The minimum atomic E-state index is 0.428. The van der Waals surface area contributed by atoms with Gasteiger partial charge in [-0.05, 0) is 43.7 Å². The molecule has 2 rings (SSSR count). The Bertz CT molecular complexity index is 552. The van der Waals surface area contributed by atoms with Gasteiger partial charge in [-0.3, -0.25) is 4.68 Å². The molecule has 20 heavy (non-hydrogen) atoms. The smallest absolute Gasteiger partial charge is 0.161 e. The third-order valence-electron chi connectivity index (χ3n) is 2.89. The Morgan fingerprint density at radius 3 is 2.70 bits per heavy atom. The zero-order chi connectivity index (χ0) is 14.4. The Kier molecular flexibility index (Phi) is 5.01. The van der Waals surface area contributed by atoms with Crippen molar-refractivity contribution in [1.29, 1.82) is 0 Å². The molecule has 0 aliphatic rings. The predicted molar refractivity (Wildman–Crippen MR) is 77.9 cm³/mol. The van der Waals surface area contributed by atoms with E-state index in [0.29, 0.717) is 19.8 Å². The molecule has 108 valence electrons. The molecule has 0 spiro atoms. The number of aryl methyl sites for hydroxylation is 1. The molecular formula is C15H21N3O2. The standard InChI is InChI=1S/C15H21N3O2/c1-3-19-15-10-12(6-8-16)4-5-14(15)20-11-13-7-9-18(2)17-13/h4-5,7,9-10H,3,6,8,11,16H2,1-2H3. The zero-order valence-corrected chi connectivity index (χ0v) is 12.0. The summed E-state index contributed by atoms with van der Waals surface area (Å²) in [5.74, 6) is 1.49. The van der Waals surface area contributed by atoms with E-state index in [1.54, 1.807) is 4.68 Å². The van der Waals surface area contributed by atoms with Crippen molar-refractivity contribution in [1.82, 2.24) is 9.78 Å². The fourth-order valence-corrected chi connectivity index (χ4v) is 1.95. The highest BCUT2D eigenvalue weighted by atomic mass is 16.5. The van der Waals surface area contributed by atoms with Crippen molar-refractivity contribution in [3.63, 3.8) is 0 Å². The van der Waals surface area contributed by atoms with Gasteiger partial charge in [-0.2, -0.15) is 5.10 Å². The number of rotatable bonds is 7. The van der Waals surface area contributed by atoms with Crippen molar-refractivity contribution in [2.75, 3.05) is 13.2 Å². The van der Waals surface area contributed by atoms with Crippen molar-refractivity contribution in [3.05, 3.63) is 41.7 Å². The van der Waals surface area contributed by atoms with Crippen LogP contribution in [0.15, 0.2) is 30.5 Å². The van der Waals surface area contributed by atoms with E-state index in [1.807, 2.05) is 44.4 Å². The van der Waals surface area contributed by atoms with Gasteiger partial charge in [0.05, 0.1) is 12.3 Å². The van der Waals surface area contributed by atoms with Crippen LogP contribution in [-0.4, -0.2) is 22.9 Å². The maximum atomic E-state index is 5.79. The lowest BCUT2D eigenvalue weighted by Gasteiger charge is -2.12. The van der Waals surface area contributed by atoms with E-state index in [0.717, 1.165) is 29.2 Å². The van der Waals surface area contributed by atoms with Crippen LogP contribution in [0.3, 0.4) is 0 Å². The van der Waals surface area contributed by atoms with E-state index < -0.39 is 0 Å². The van der Waals surface area contributed by atoms with E-state index in [2.05, 4.69) is 5.10 Å². The molecule has 5 heteroatoms. The summed E-state index contributed by atoms with van der Waals surface area (Å²) in [4.78, 5) is 0. The molecule has 0 atom stereocenters. The predicted octanol–water partition coefficient (Wildman–Crippen LogP) is 1.90. The number of aromatic nitrogens is 2. The molecule has 0 aliphatic heterocycles.